The number of anilines is 1. The molecule has 0 bridgehead atoms. The minimum absolute atomic E-state index is 0.0220. The molecule has 0 spiro atoms. The van der Waals surface area contributed by atoms with Gasteiger partial charge in [0.1, 0.15) is 0 Å². The number of hydrogen-bond donors (Lipinski definition) is 2. The Bertz CT molecular complexity index is 873. The third-order valence-electron chi connectivity index (χ3n) is 4.11. The summed E-state index contributed by atoms with van der Waals surface area (Å²) in [4.78, 5) is 24.0. The highest BCUT2D eigenvalue weighted by Crippen LogP contribution is 2.28. The van der Waals surface area contributed by atoms with Gasteiger partial charge in [0.05, 0.1) is 20.1 Å². The van der Waals surface area contributed by atoms with E-state index in [0.29, 0.717) is 30.2 Å². The van der Waals surface area contributed by atoms with E-state index in [1.54, 1.807) is 25.3 Å². The highest BCUT2D eigenvalue weighted by atomic mass is 16.5. The van der Waals surface area contributed by atoms with Gasteiger partial charge in [-0.3, -0.25) is 9.59 Å². The van der Waals surface area contributed by atoms with Crippen LogP contribution in [0, 0.1) is 0 Å². The van der Waals surface area contributed by atoms with Crippen LogP contribution >= 0.6 is 0 Å². The first-order chi connectivity index (χ1) is 14.4. The van der Waals surface area contributed by atoms with E-state index in [0.717, 1.165) is 17.5 Å². The molecule has 0 heterocycles. The summed E-state index contributed by atoms with van der Waals surface area (Å²) in [5.41, 5.74) is 2.38. The average molecular weight is 411 g/mol. The SMILES string of the molecule is CCCOc1ccc(/C=C/C(=O)Nc2ccc(CC(=O)NC(C)C)cc2)cc1OC. The molecule has 0 unspecified atom stereocenters. The molecule has 0 aromatic heterocycles. The summed E-state index contributed by atoms with van der Waals surface area (Å²) in [5, 5.41) is 5.67. The summed E-state index contributed by atoms with van der Waals surface area (Å²) in [6.45, 7) is 6.51. The number of carbonyl (C=O) groups excluding carboxylic acids is 2. The second-order valence-corrected chi connectivity index (χ2v) is 7.18. The predicted octanol–water partition coefficient (Wildman–Crippen LogP) is 4.20. The molecule has 30 heavy (non-hydrogen) atoms. The average Bonchev–Trinajstić information content (AvgIpc) is 2.71. The predicted molar refractivity (Wildman–Crippen MR) is 120 cm³/mol. The molecular formula is C24H30N2O4. The van der Waals surface area contributed by atoms with Crippen LogP contribution in [0.5, 0.6) is 11.5 Å². The molecule has 0 aliphatic rings. The second-order valence-electron chi connectivity index (χ2n) is 7.18. The molecule has 160 valence electrons. The van der Waals surface area contributed by atoms with Crippen molar-refractivity contribution in [3.8, 4) is 11.5 Å². The van der Waals surface area contributed by atoms with Crippen molar-refractivity contribution in [1.29, 1.82) is 0 Å². The Morgan fingerprint density at radius 3 is 2.43 bits per heavy atom. The third-order valence-corrected chi connectivity index (χ3v) is 4.11. The van der Waals surface area contributed by atoms with Crippen LogP contribution in [0.25, 0.3) is 6.08 Å². The molecule has 0 aliphatic heterocycles. The first kappa shape index (κ1) is 23.0. The molecule has 2 amide bonds. The highest BCUT2D eigenvalue weighted by Gasteiger charge is 2.06. The third kappa shape index (κ3) is 7.62. The zero-order chi connectivity index (χ0) is 21.9. The number of ether oxygens (including phenoxy) is 2. The van der Waals surface area contributed by atoms with Crippen molar-refractivity contribution in [3.05, 3.63) is 59.7 Å². The maximum Gasteiger partial charge on any atom is 0.248 e. The molecular weight excluding hydrogens is 380 g/mol. The topological polar surface area (TPSA) is 76.7 Å². The van der Waals surface area contributed by atoms with E-state index in [1.165, 1.54) is 6.08 Å². The van der Waals surface area contributed by atoms with Crippen LogP contribution in [-0.4, -0.2) is 31.6 Å². The van der Waals surface area contributed by atoms with Crippen LogP contribution < -0.4 is 20.1 Å². The zero-order valence-corrected chi connectivity index (χ0v) is 18.0. The van der Waals surface area contributed by atoms with Gasteiger partial charge < -0.3 is 20.1 Å². The summed E-state index contributed by atoms with van der Waals surface area (Å²) in [7, 11) is 1.59. The molecule has 2 rings (SSSR count). The first-order valence-electron chi connectivity index (χ1n) is 10.1. The van der Waals surface area contributed by atoms with Crippen LogP contribution in [0.1, 0.15) is 38.3 Å². The van der Waals surface area contributed by atoms with Gasteiger partial charge in [-0.05, 0) is 61.7 Å². The van der Waals surface area contributed by atoms with Gasteiger partial charge in [-0.15, -0.1) is 0 Å². The molecule has 0 saturated heterocycles. The first-order valence-corrected chi connectivity index (χ1v) is 10.1. The van der Waals surface area contributed by atoms with Crippen LogP contribution in [-0.2, 0) is 16.0 Å². The summed E-state index contributed by atoms with van der Waals surface area (Å²) >= 11 is 0. The van der Waals surface area contributed by atoms with Crippen LogP contribution in [0.3, 0.4) is 0 Å². The van der Waals surface area contributed by atoms with E-state index in [9.17, 15) is 9.59 Å². The van der Waals surface area contributed by atoms with Gasteiger partial charge in [0, 0.05) is 17.8 Å². The van der Waals surface area contributed by atoms with Crippen molar-refractivity contribution in [2.24, 2.45) is 0 Å². The summed E-state index contributed by atoms with van der Waals surface area (Å²) in [5.74, 6) is 1.04. The van der Waals surface area contributed by atoms with Gasteiger partial charge in [-0.25, -0.2) is 0 Å². The lowest BCUT2D eigenvalue weighted by Gasteiger charge is -2.10. The smallest absolute Gasteiger partial charge is 0.248 e. The molecule has 0 radical (unpaired) electrons. The van der Waals surface area contributed by atoms with Gasteiger partial charge in [0.2, 0.25) is 11.8 Å². The van der Waals surface area contributed by atoms with E-state index in [-0.39, 0.29) is 17.9 Å². The molecule has 2 aromatic rings. The van der Waals surface area contributed by atoms with Crippen LogP contribution in [0.4, 0.5) is 5.69 Å². The Kier molecular flexibility index (Phi) is 8.94. The fraction of sp³-hybridized carbons (Fsp3) is 0.333. The number of carbonyl (C=O) groups is 2. The lowest BCUT2D eigenvalue weighted by Crippen LogP contribution is -2.31. The zero-order valence-electron chi connectivity index (χ0n) is 18.0. The molecule has 2 aromatic carbocycles. The minimum Gasteiger partial charge on any atom is -0.493 e. The van der Waals surface area contributed by atoms with Crippen molar-refractivity contribution in [1.82, 2.24) is 5.32 Å². The summed E-state index contributed by atoms with van der Waals surface area (Å²) < 4.78 is 11.0. The Labute approximate surface area is 178 Å². The fourth-order valence-corrected chi connectivity index (χ4v) is 2.74. The largest absolute Gasteiger partial charge is 0.493 e. The summed E-state index contributed by atoms with van der Waals surface area (Å²) in [6.07, 6.45) is 4.40. The summed E-state index contributed by atoms with van der Waals surface area (Å²) in [6, 6.07) is 12.9. The van der Waals surface area contributed by atoms with Gasteiger partial charge in [-0.2, -0.15) is 0 Å². The molecule has 0 atom stereocenters. The number of hydrogen-bond acceptors (Lipinski definition) is 4. The monoisotopic (exact) mass is 410 g/mol. The number of amides is 2. The number of rotatable bonds is 10. The van der Waals surface area contributed by atoms with Crippen molar-refractivity contribution >= 4 is 23.6 Å². The lowest BCUT2D eigenvalue weighted by atomic mass is 10.1. The second kappa shape index (κ2) is 11.7. The van der Waals surface area contributed by atoms with Crippen molar-refractivity contribution < 1.29 is 19.1 Å². The molecule has 0 saturated carbocycles. The highest BCUT2D eigenvalue weighted by molar-refractivity contribution is 6.02. The van der Waals surface area contributed by atoms with Gasteiger partial charge in [-0.1, -0.05) is 25.1 Å². The number of benzene rings is 2. The van der Waals surface area contributed by atoms with Crippen molar-refractivity contribution in [2.75, 3.05) is 19.0 Å². The van der Waals surface area contributed by atoms with Crippen molar-refractivity contribution in [3.63, 3.8) is 0 Å². The van der Waals surface area contributed by atoms with E-state index in [1.807, 2.05) is 51.1 Å². The van der Waals surface area contributed by atoms with Gasteiger partial charge >= 0.3 is 0 Å². The Morgan fingerprint density at radius 1 is 1.07 bits per heavy atom. The molecule has 6 heteroatoms. The van der Waals surface area contributed by atoms with E-state index in [2.05, 4.69) is 10.6 Å². The quantitative estimate of drug-likeness (QED) is 0.576. The van der Waals surface area contributed by atoms with Gasteiger partial charge in [0.15, 0.2) is 11.5 Å². The standard InChI is InChI=1S/C24H30N2O4/c1-5-14-30-21-12-8-18(15-22(21)29-4)9-13-23(27)26-20-10-6-19(7-11-20)16-24(28)25-17(2)3/h6-13,15,17H,5,14,16H2,1-4H3,(H,25,28)(H,26,27)/b13-9+. The maximum atomic E-state index is 12.2. The van der Waals surface area contributed by atoms with E-state index >= 15 is 0 Å². The van der Waals surface area contributed by atoms with Crippen LogP contribution in [0.2, 0.25) is 0 Å². The number of methoxy groups -OCH3 is 1. The molecule has 6 nitrogen and oxygen atoms in total. The molecule has 0 fully saturated rings. The number of nitrogens with one attached hydrogen (secondary N) is 2. The van der Waals surface area contributed by atoms with Crippen LogP contribution in [0.15, 0.2) is 48.5 Å². The minimum atomic E-state index is -0.245. The Morgan fingerprint density at radius 2 is 1.80 bits per heavy atom. The Hall–Kier alpha value is -3.28. The van der Waals surface area contributed by atoms with Crippen molar-refractivity contribution in [2.45, 2.75) is 39.7 Å². The Balaban J connectivity index is 1.93. The van der Waals surface area contributed by atoms with Gasteiger partial charge in [0.25, 0.3) is 0 Å². The fourth-order valence-electron chi connectivity index (χ4n) is 2.74. The van der Waals surface area contributed by atoms with E-state index in [4.69, 9.17) is 9.47 Å². The molecule has 0 aliphatic carbocycles. The lowest BCUT2D eigenvalue weighted by molar-refractivity contribution is -0.121. The maximum absolute atomic E-state index is 12.2. The molecule has 2 N–H and O–H groups in total. The van der Waals surface area contributed by atoms with E-state index < -0.39 is 0 Å². The normalized spacial score (nSPS) is 10.8.